The van der Waals surface area contributed by atoms with Gasteiger partial charge in [0, 0.05) is 4.47 Å². The Balaban J connectivity index is 2.37. The van der Waals surface area contributed by atoms with Crippen LogP contribution in [-0.4, -0.2) is 0 Å². The lowest BCUT2D eigenvalue weighted by Gasteiger charge is -2.10. The van der Waals surface area contributed by atoms with E-state index in [2.05, 4.69) is 15.9 Å². The van der Waals surface area contributed by atoms with Crippen LogP contribution in [0.4, 0.5) is 5.69 Å². The van der Waals surface area contributed by atoms with Crippen LogP contribution in [0.3, 0.4) is 0 Å². The van der Waals surface area contributed by atoms with Crippen LogP contribution in [-0.2, 0) is 0 Å². The van der Waals surface area contributed by atoms with Crippen molar-refractivity contribution in [1.29, 1.82) is 0 Å². The van der Waals surface area contributed by atoms with Crippen molar-refractivity contribution < 1.29 is 4.74 Å². The van der Waals surface area contributed by atoms with Gasteiger partial charge in [0.05, 0.1) is 10.7 Å². The molecule has 2 aromatic rings. The van der Waals surface area contributed by atoms with Gasteiger partial charge in [-0.2, -0.15) is 0 Å². The second-order valence-electron chi connectivity index (χ2n) is 3.72. The molecule has 0 aliphatic heterocycles. The van der Waals surface area contributed by atoms with Crippen LogP contribution in [0.5, 0.6) is 11.5 Å². The molecule has 0 amide bonds. The van der Waals surface area contributed by atoms with Crippen molar-refractivity contribution in [3.63, 3.8) is 0 Å². The number of rotatable bonds is 2. The van der Waals surface area contributed by atoms with Crippen molar-refractivity contribution >= 4 is 33.2 Å². The molecule has 0 fully saturated rings. The summed E-state index contributed by atoms with van der Waals surface area (Å²) in [5, 5.41) is 0.565. The first-order chi connectivity index (χ1) is 8.06. The Morgan fingerprint density at radius 2 is 1.88 bits per heavy atom. The normalized spacial score (nSPS) is 10.3. The van der Waals surface area contributed by atoms with Gasteiger partial charge in [-0.25, -0.2) is 0 Å². The fraction of sp³-hybridized carbons (Fsp3) is 0.0769. The molecule has 0 atom stereocenters. The maximum atomic E-state index is 6.06. The number of hydrogen-bond acceptors (Lipinski definition) is 2. The van der Waals surface area contributed by atoms with Crippen molar-refractivity contribution in [3.05, 3.63) is 51.5 Å². The van der Waals surface area contributed by atoms with Crippen molar-refractivity contribution in [1.82, 2.24) is 0 Å². The summed E-state index contributed by atoms with van der Waals surface area (Å²) in [7, 11) is 0. The molecule has 0 heterocycles. The van der Waals surface area contributed by atoms with E-state index in [1.165, 1.54) is 0 Å². The molecule has 2 aromatic carbocycles. The van der Waals surface area contributed by atoms with E-state index in [4.69, 9.17) is 22.1 Å². The topological polar surface area (TPSA) is 35.2 Å². The minimum absolute atomic E-state index is 0.565. The third kappa shape index (κ3) is 2.93. The lowest BCUT2D eigenvalue weighted by Crippen LogP contribution is -1.92. The molecule has 17 heavy (non-hydrogen) atoms. The van der Waals surface area contributed by atoms with Crippen molar-refractivity contribution in [2.24, 2.45) is 0 Å². The quantitative estimate of drug-likeness (QED) is 0.810. The lowest BCUT2D eigenvalue weighted by molar-refractivity contribution is 0.484. The number of hydrogen-bond donors (Lipinski definition) is 1. The third-order valence-corrected chi connectivity index (χ3v) is 3.09. The van der Waals surface area contributed by atoms with E-state index in [9.17, 15) is 0 Å². The number of benzene rings is 2. The summed E-state index contributed by atoms with van der Waals surface area (Å²) < 4.78 is 6.62. The Morgan fingerprint density at radius 1 is 1.12 bits per heavy atom. The first-order valence-corrected chi connectivity index (χ1v) is 6.22. The average Bonchev–Trinajstić information content (AvgIpc) is 2.28. The Hall–Kier alpha value is -1.19. The highest BCUT2D eigenvalue weighted by Crippen LogP contribution is 2.34. The van der Waals surface area contributed by atoms with Gasteiger partial charge in [0.25, 0.3) is 0 Å². The van der Waals surface area contributed by atoms with Gasteiger partial charge in [0.1, 0.15) is 5.75 Å². The molecule has 4 heteroatoms. The molecule has 0 saturated carbocycles. The van der Waals surface area contributed by atoms with Crippen LogP contribution in [0.25, 0.3) is 0 Å². The van der Waals surface area contributed by atoms with Crippen LogP contribution >= 0.6 is 27.5 Å². The molecule has 2 N–H and O–H groups in total. The molecule has 0 radical (unpaired) electrons. The van der Waals surface area contributed by atoms with Crippen LogP contribution in [0, 0.1) is 6.92 Å². The molecule has 0 bridgehead atoms. The van der Waals surface area contributed by atoms with E-state index in [0.717, 1.165) is 10.0 Å². The molecule has 88 valence electrons. The highest BCUT2D eigenvalue weighted by Gasteiger charge is 2.06. The monoisotopic (exact) mass is 311 g/mol. The van der Waals surface area contributed by atoms with E-state index in [1.807, 2.05) is 31.2 Å². The minimum Gasteiger partial charge on any atom is -0.454 e. The number of nitrogen functional groups attached to an aromatic ring is 1. The van der Waals surface area contributed by atoms with E-state index in [1.54, 1.807) is 12.1 Å². The molecule has 0 spiro atoms. The van der Waals surface area contributed by atoms with Crippen molar-refractivity contribution in [3.8, 4) is 11.5 Å². The van der Waals surface area contributed by atoms with Gasteiger partial charge in [-0.3, -0.25) is 0 Å². The first kappa shape index (κ1) is 12.3. The highest BCUT2D eigenvalue weighted by atomic mass is 79.9. The largest absolute Gasteiger partial charge is 0.454 e. The maximum Gasteiger partial charge on any atom is 0.151 e. The van der Waals surface area contributed by atoms with Crippen LogP contribution in [0.2, 0.25) is 5.02 Å². The molecule has 0 aromatic heterocycles. The molecule has 2 rings (SSSR count). The summed E-state index contributed by atoms with van der Waals surface area (Å²) in [5.41, 5.74) is 7.49. The summed E-state index contributed by atoms with van der Waals surface area (Å²) in [4.78, 5) is 0. The van der Waals surface area contributed by atoms with Crippen LogP contribution < -0.4 is 10.5 Å². The first-order valence-electron chi connectivity index (χ1n) is 5.05. The maximum absolute atomic E-state index is 6.06. The number of ether oxygens (including phenoxy) is 1. The zero-order chi connectivity index (χ0) is 12.4. The van der Waals surface area contributed by atoms with E-state index in [0.29, 0.717) is 22.2 Å². The molecule has 0 aliphatic rings. The number of nitrogens with two attached hydrogens (primary N) is 1. The zero-order valence-corrected chi connectivity index (χ0v) is 11.5. The number of anilines is 1. The minimum atomic E-state index is 0.565. The predicted molar refractivity (Wildman–Crippen MR) is 74.8 cm³/mol. The molecule has 0 unspecified atom stereocenters. The zero-order valence-electron chi connectivity index (χ0n) is 9.21. The molecular formula is C13H11BrClNO. The summed E-state index contributed by atoms with van der Waals surface area (Å²) in [5.74, 6) is 1.20. The summed E-state index contributed by atoms with van der Waals surface area (Å²) >= 11 is 9.43. The van der Waals surface area contributed by atoms with Gasteiger partial charge in [-0.15, -0.1) is 0 Å². The number of halogens is 2. The van der Waals surface area contributed by atoms with Gasteiger partial charge in [-0.05, 0) is 42.8 Å². The fourth-order valence-corrected chi connectivity index (χ4v) is 1.90. The van der Waals surface area contributed by atoms with Crippen molar-refractivity contribution in [2.75, 3.05) is 5.73 Å². The Bertz CT molecular complexity index is 508. The Labute approximate surface area is 113 Å². The lowest BCUT2D eigenvalue weighted by atomic mass is 10.2. The summed E-state index contributed by atoms with van der Waals surface area (Å²) in [6.07, 6.45) is 0. The van der Waals surface area contributed by atoms with Crippen LogP contribution in [0.15, 0.2) is 40.9 Å². The second-order valence-corrected chi connectivity index (χ2v) is 5.04. The fourth-order valence-electron chi connectivity index (χ4n) is 1.40. The van der Waals surface area contributed by atoms with Gasteiger partial charge >= 0.3 is 0 Å². The van der Waals surface area contributed by atoms with Gasteiger partial charge < -0.3 is 10.5 Å². The van der Waals surface area contributed by atoms with E-state index < -0.39 is 0 Å². The SMILES string of the molecule is Cc1ccc(Cl)c(Oc2cc(Br)ccc2N)c1. The Morgan fingerprint density at radius 3 is 2.65 bits per heavy atom. The highest BCUT2D eigenvalue weighted by molar-refractivity contribution is 9.10. The van der Waals surface area contributed by atoms with Crippen molar-refractivity contribution in [2.45, 2.75) is 6.92 Å². The molecule has 2 nitrogen and oxygen atoms in total. The van der Waals surface area contributed by atoms with Gasteiger partial charge in [0.2, 0.25) is 0 Å². The van der Waals surface area contributed by atoms with Crippen LogP contribution in [0.1, 0.15) is 5.56 Å². The van der Waals surface area contributed by atoms with Gasteiger partial charge in [-0.1, -0.05) is 33.6 Å². The van der Waals surface area contributed by atoms with E-state index in [-0.39, 0.29) is 0 Å². The summed E-state index contributed by atoms with van der Waals surface area (Å²) in [6, 6.07) is 11.1. The standard InChI is InChI=1S/C13H11BrClNO/c1-8-2-4-10(15)12(6-8)17-13-7-9(14)3-5-11(13)16/h2-7H,16H2,1H3. The summed E-state index contributed by atoms with van der Waals surface area (Å²) in [6.45, 7) is 1.98. The molecular weight excluding hydrogens is 302 g/mol. The average molecular weight is 313 g/mol. The Kier molecular flexibility index (Phi) is 3.60. The third-order valence-electron chi connectivity index (χ3n) is 2.28. The molecule has 0 saturated heterocycles. The second kappa shape index (κ2) is 4.98. The predicted octanol–water partition coefficient (Wildman–Crippen LogP) is 4.79. The number of aryl methyl sites for hydroxylation is 1. The smallest absolute Gasteiger partial charge is 0.151 e. The van der Waals surface area contributed by atoms with E-state index >= 15 is 0 Å². The molecule has 0 aliphatic carbocycles. The van der Waals surface area contributed by atoms with Gasteiger partial charge in [0.15, 0.2) is 5.75 Å².